The van der Waals surface area contributed by atoms with Gasteiger partial charge < -0.3 is 5.11 Å². The van der Waals surface area contributed by atoms with E-state index in [4.69, 9.17) is 11.6 Å². The largest absolute Gasteiger partial charge is 0.389 e. The van der Waals surface area contributed by atoms with Gasteiger partial charge in [0.05, 0.1) is 6.10 Å². The molecule has 0 aromatic heterocycles. The molecule has 0 heterocycles. The molecule has 0 amide bonds. The fraction of sp³-hybridized carbons (Fsp3) is 0.200. The third kappa shape index (κ3) is 3.50. The van der Waals surface area contributed by atoms with Crippen molar-refractivity contribution >= 4 is 23.4 Å². The molecule has 0 fully saturated rings. The highest BCUT2D eigenvalue weighted by Gasteiger charge is 2.14. The summed E-state index contributed by atoms with van der Waals surface area (Å²) in [6.07, 6.45) is -0.824. The Morgan fingerprint density at radius 2 is 1.95 bits per heavy atom. The predicted octanol–water partition coefficient (Wildman–Crippen LogP) is 4.82. The fourth-order valence-corrected chi connectivity index (χ4v) is 3.26. The molecule has 0 aliphatic rings. The number of halogens is 2. The van der Waals surface area contributed by atoms with Crippen LogP contribution < -0.4 is 0 Å². The molecule has 0 spiro atoms. The highest BCUT2D eigenvalue weighted by molar-refractivity contribution is 7.98. The average molecular weight is 297 g/mol. The van der Waals surface area contributed by atoms with Gasteiger partial charge in [-0.15, -0.1) is 11.8 Å². The Bertz CT molecular complexity index is 572. The van der Waals surface area contributed by atoms with Gasteiger partial charge in [0.15, 0.2) is 0 Å². The lowest BCUT2D eigenvalue weighted by atomic mass is 10.1. The molecular formula is C15H14ClFOS. The van der Waals surface area contributed by atoms with E-state index in [-0.39, 0.29) is 5.82 Å². The average Bonchev–Trinajstić information content (AvgIpc) is 2.37. The number of thioether (sulfide) groups is 1. The summed E-state index contributed by atoms with van der Waals surface area (Å²) in [6, 6.07) is 12.4. The van der Waals surface area contributed by atoms with E-state index in [1.165, 1.54) is 17.8 Å². The van der Waals surface area contributed by atoms with Crippen LogP contribution in [0.5, 0.6) is 0 Å². The second-order valence-electron chi connectivity index (χ2n) is 4.21. The first-order chi connectivity index (χ1) is 9.09. The first kappa shape index (κ1) is 14.4. The van der Waals surface area contributed by atoms with Crippen molar-refractivity contribution in [2.24, 2.45) is 0 Å². The Morgan fingerprint density at radius 3 is 2.63 bits per heavy atom. The first-order valence-corrected chi connectivity index (χ1v) is 7.28. The minimum absolute atomic E-state index is 0.347. The Balaban J connectivity index is 2.21. The molecule has 0 radical (unpaired) electrons. The molecular weight excluding hydrogens is 283 g/mol. The summed E-state index contributed by atoms with van der Waals surface area (Å²) in [5, 5.41) is 10.4. The van der Waals surface area contributed by atoms with Crippen LogP contribution in [0.1, 0.15) is 24.2 Å². The van der Waals surface area contributed by atoms with Gasteiger partial charge in [-0.05, 0) is 30.7 Å². The van der Waals surface area contributed by atoms with Crippen molar-refractivity contribution in [1.29, 1.82) is 0 Å². The van der Waals surface area contributed by atoms with E-state index in [0.29, 0.717) is 16.3 Å². The zero-order chi connectivity index (χ0) is 13.8. The molecule has 2 rings (SSSR count). The van der Waals surface area contributed by atoms with Gasteiger partial charge in [0, 0.05) is 21.2 Å². The van der Waals surface area contributed by atoms with Crippen molar-refractivity contribution in [3.63, 3.8) is 0 Å². The van der Waals surface area contributed by atoms with Crippen molar-refractivity contribution < 1.29 is 9.50 Å². The van der Waals surface area contributed by atoms with Gasteiger partial charge in [0.1, 0.15) is 5.82 Å². The summed E-state index contributed by atoms with van der Waals surface area (Å²) < 4.78 is 13.7. The smallest absolute Gasteiger partial charge is 0.130 e. The quantitative estimate of drug-likeness (QED) is 0.816. The van der Waals surface area contributed by atoms with E-state index >= 15 is 0 Å². The summed E-state index contributed by atoms with van der Waals surface area (Å²) in [7, 11) is 0. The van der Waals surface area contributed by atoms with Crippen molar-refractivity contribution in [1.82, 2.24) is 0 Å². The molecule has 0 saturated carbocycles. The number of aliphatic hydroxyl groups is 1. The summed E-state index contributed by atoms with van der Waals surface area (Å²) >= 11 is 7.56. The summed E-state index contributed by atoms with van der Waals surface area (Å²) in [5.74, 6) is 0.266. The minimum Gasteiger partial charge on any atom is -0.389 e. The minimum atomic E-state index is -0.824. The van der Waals surface area contributed by atoms with Crippen LogP contribution in [0.4, 0.5) is 4.39 Å². The molecule has 19 heavy (non-hydrogen) atoms. The predicted molar refractivity (Wildman–Crippen MR) is 78.0 cm³/mol. The Kier molecular flexibility index (Phi) is 4.86. The molecule has 1 N–H and O–H groups in total. The van der Waals surface area contributed by atoms with Crippen LogP contribution in [0, 0.1) is 5.82 Å². The van der Waals surface area contributed by atoms with Crippen LogP contribution in [0.3, 0.4) is 0 Å². The summed E-state index contributed by atoms with van der Waals surface area (Å²) in [4.78, 5) is 0.745. The van der Waals surface area contributed by atoms with E-state index in [9.17, 15) is 9.50 Å². The number of hydrogen-bond donors (Lipinski definition) is 1. The molecule has 0 bridgehead atoms. The van der Waals surface area contributed by atoms with E-state index in [2.05, 4.69) is 0 Å². The normalized spacial score (nSPS) is 12.4. The SMILES string of the molecule is C[C@@H](O)c1c(F)cccc1SCc1ccccc1Cl. The first-order valence-electron chi connectivity index (χ1n) is 5.92. The van der Waals surface area contributed by atoms with Crippen molar-refractivity contribution in [2.45, 2.75) is 23.7 Å². The summed E-state index contributed by atoms with van der Waals surface area (Å²) in [6.45, 7) is 1.57. The number of hydrogen-bond acceptors (Lipinski definition) is 2. The van der Waals surface area contributed by atoms with Crippen LogP contribution in [0.25, 0.3) is 0 Å². The monoisotopic (exact) mass is 296 g/mol. The maximum Gasteiger partial charge on any atom is 0.130 e. The van der Waals surface area contributed by atoms with Crippen molar-refractivity contribution in [3.8, 4) is 0 Å². The Morgan fingerprint density at radius 1 is 1.21 bits per heavy atom. The maximum atomic E-state index is 13.7. The van der Waals surface area contributed by atoms with E-state index in [0.717, 1.165) is 10.5 Å². The highest BCUT2D eigenvalue weighted by atomic mass is 35.5. The van der Waals surface area contributed by atoms with Crippen LogP contribution >= 0.6 is 23.4 Å². The molecule has 2 aromatic rings. The zero-order valence-corrected chi connectivity index (χ0v) is 12.0. The second kappa shape index (κ2) is 6.42. The zero-order valence-electron chi connectivity index (χ0n) is 10.4. The Labute approximate surface area is 121 Å². The number of rotatable bonds is 4. The molecule has 100 valence electrons. The van der Waals surface area contributed by atoms with Gasteiger partial charge in [-0.2, -0.15) is 0 Å². The lowest BCUT2D eigenvalue weighted by molar-refractivity contribution is 0.191. The third-order valence-corrected chi connectivity index (χ3v) is 4.26. The van der Waals surface area contributed by atoms with E-state index in [1.807, 2.05) is 30.3 Å². The lowest BCUT2D eigenvalue weighted by Crippen LogP contribution is -1.98. The second-order valence-corrected chi connectivity index (χ2v) is 5.63. The van der Waals surface area contributed by atoms with Crippen molar-refractivity contribution in [3.05, 3.63) is 64.4 Å². The van der Waals surface area contributed by atoms with E-state index in [1.54, 1.807) is 13.0 Å². The van der Waals surface area contributed by atoms with Crippen LogP contribution in [0.2, 0.25) is 5.02 Å². The van der Waals surface area contributed by atoms with Crippen LogP contribution in [0.15, 0.2) is 47.4 Å². The fourth-order valence-electron chi connectivity index (χ4n) is 1.82. The van der Waals surface area contributed by atoms with Gasteiger partial charge >= 0.3 is 0 Å². The lowest BCUT2D eigenvalue weighted by Gasteiger charge is -2.13. The molecule has 0 unspecified atom stereocenters. The molecule has 0 aliphatic heterocycles. The maximum absolute atomic E-state index is 13.7. The standard InChI is InChI=1S/C15H14ClFOS/c1-10(18)15-13(17)7-4-8-14(15)19-9-11-5-2-3-6-12(11)16/h2-8,10,18H,9H2,1H3/t10-/m1/s1. The molecule has 1 nitrogen and oxygen atoms in total. The third-order valence-electron chi connectivity index (χ3n) is 2.77. The van der Waals surface area contributed by atoms with Crippen LogP contribution in [-0.4, -0.2) is 5.11 Å². The Hall–Kier alpha value is -1.03. The van der Waals surface area contributed by atoms with Gasteiger partial charge in [-0.25, -0.2) is 4.39 Å². The van der Waals surface area contributed by atoms with Gasteiger partial charge in [0.25, 0.3) is 0 Å². The number of aliphatic hydroxyl groups excluding tert-OH is 1. The molecule has 0 saturated heterocycles. The number of benzene rings is 2. The highest BCUT2D eigenvalue weighted by Crippen LogP contribution is 2.33. The van der Waals surface area contributed by atoms with Crippen molar-refractivity contribution in [2.75, 3.05) is 0 Å². The molecule has 0 aliphatic carbocycles. The van der Waals surface area contributed by atoms with Gasteiger partial charge in [-0.3, -0.25) is 0 Å². The molecule has 2 aromatic carbocycles. The summed E-state index contributed by atoms with van der Waals surface area (Å²) in [5.41, 5.74) is 1.34. The van der Waals surface area contributed by atoms with E-state index < -0.39 is 6.10 Å². The molecule has 4 heteroatoms. The van der Waals surface area contributed by atoms with Crippen LogP contribution in [-0.2, 0) is 5.75 Å². The van der Waals surface area contributed by atoms with Gasteiger partial charge in [-0.1, -0.05) is 35.9 Å². The topological polar surface area (TPSA) is 20.2 Å². The van der Waals surface area contributed by atoms with Gasteiger partial charge in [0.2, 0.25) is 0 Å². The molecule has 1 atom stereocenters.